The molecule has 2 aliphatic heterocycles. The van der Waals surface area contributed by atoms with E-state index in [-0.39, 0.29) is 13.0 Å². The molecule has 11 nitrogen and oxygen atoms in total. The quantitative estimate of drug-likeness (QED) is 0.263. The maximum absolute atomic E-state index is 11.4. The van der Waals surface area contributed by atoms with Crippen LogP contribution in [0.15, 0.2) is 0 Å². The molecule has 2 rings (SSSR count). The summed E-state index contributed by atoms with van der Waals surface area (Å²) in [6.07, 6.45) is -10.2. The van der Waals surface area contributed by atoms with Crippen LogP contribution in [0.3, 0.4) is 0 Å². The SMILES string of the molecule is CC[C@@H]1C(C(=O)O)O[C@@H](OCC2C(O)[C@H](O)C(CO)O[C@@H]2OC)C(O)C1O. The van der Waals surface area contributed by atoms with Gasteiger partial charge in [-0.2, -0.15) is 0 Å². The third-order valence-corrected chi connectivity index (χ3v) is 5.15. The minimum Gasteiger partial charge on any atom is -0.479 e. The minimum atomic E-state index is -1.50. The normalized spacial score (nSPS) is 45.6. The molecule has 0 amide bonds. The van der Waals surface area contributed by atoms with E-state index in [4.69, 9.17) is 18.9 Å². The second-order valence-corrected chi connectivity index (χ2v) is 6.76. The van der Waals surface area contributed by atoms with Gasteiger partial charge in [0.15, 0.2) is 18.7 Å². The smallest absolute Gasteiger partial charge is 0.333 e. The molecule has 27 heavy (non-hydrogen) atoms. The molecule has 0 radical (unpaired) electrons. The number of hydrogen-bond acceptors (Lipinski definition) is 10. The summed E-state index contributed by atoms with van der Waals surface area (Å²) in [7, 11) is 1.30. The second kappa shape index (κ2) is 9.54. The number of aliphatic hydroxyl groups excluding tert-OH is 5. The summed E-state index contributed by atoms with van der Waals surface area (Å²) < 4.78 is 21.2. The number of rotatable bonds is 7. The predicted molar refractivity (Wildman–Crippen MR) is 86.3 cm³/mol. The number of ether oxygens (including phenoxy) is 4. The fraction of sp³-hybridized carbons (Fsp3) is 0.938. The molecular weight excluding hydrogens is 368 g/mol. The van der Waals surface area contributed by atoms with Crippen LogP contribution >= 0.6 is 0 Å². The molecule has 0 saturated carbocycles. The van der Waals surface area contributed by atoms with Crippen molar-refractivity contribution < 1.29 is 54.4 Å². The molecule has 158 valence electrons. The third kappa shape index (κ3) is 4.58. The van der Waals surface area contributed by atoms with E-state index < -0.39 is 73.6 Å². The van der Waals surface area contributed by atoms with Crippen molar-refractivity contribution in [1.29, 1.82) is 0 Å². The summed E-state index contributed by atoms with van der Waals surface area (Å²) in [5.74, 6) is -3.01. The molecule has 2 heterocycles. The average Bonchev–Trinajstić information content (AvgIpc) is 2.65. The Bertz CT molecular complexity index is 487. The highest BCUT2D eigenvalue weighted by Gasteiger charge is 2.49. The van der Waals surface area contributed by atoms with Gasteiger partial charge >= 0.3 is 5.97 Å². The van der Waals surface area contributed by atoms with E-state index in [9.17, 15) is 35.4 Å². The van der Waals surface area contributed by atoms with E-state index in [2.05, 4.69) is 0 Å². The predicted octanol–water partition coefficient (Wildman–Crippen LogP) is -2.74. The van der Waals surface area contributed by atoms with E-state index in [1.807, 2.05) is 0 Å². The number of carboxylic acids is 1. The molecule has 0 spiro atoms. The highest BCUT2D eigenvalue weighted by atomic mass is 16.7. The first kappa shape index (κ1) is 22.4. The third-order valence-electron chi connectivity index (χ3n) is 5.15. The Morgan fingerprint density at radius 2 is 1.59 bits per heavy atom. The second-order valence-electron chi connectivity index (χ2n) is 6.76. The van der Waals surface area contributed by atoms with Gasteiger partial charge in [0.1, 0.15) is 18.3 Å². The van der Waals surface area contributed by atoms with Crippen molar-refractivity contribution in [3.63, 3.8) is 0 Å². The summed E-state index contributed by atoms with van der Waals surface area (Å²) in [6.45, 7) is 0.812. The van der Waals surface area contributed by atoms with Crippen LogP contribution in [0.2, 0.25) is 0 Å². The molecule has 2 saturated heterocycles. The first-order chi connectivity index (χ1) is 12.8. The van der Waals surface area contributed by atoms with E-state index >= 15 is 0 Å². The monoisotopic (exact) mass is 396 g/mol. The van der Waals surface area contributed by atoms with Gasteiger partial charge in [-0.3, -0.25) is 0 Å². The Morgan fingerprint density at radius 3 is 2.11 bits per heavy atom. The lowest BCUT2D eigenvalue weighted by Gasteiger charge is -2.44. The van der Waals surface area contributed by atoms with Gasteiger partial charge in [-0.05, 0) is 6.42 Å². The van der Waals surface area contributed by atoms with E-state index in [0.29, 0.717) is 0 Å². The largest absolute Gasteiger partial charge is 0.479 e. The zero-order chi connectivity index (χ0) is 20.3. The van der Waals surface area contributed by atoms with Gasteiger partial charge in [-0.25, -0.2) is 4.79 Å². The number of aliphatic hydroxyl groups is 5. The maximum Gasteiger partial charge on any atom is 0.333 e. The fourth-order valence-electron chi connectivity index (χ4n) is 3.51. The Kier molecular flexibility index (Phi) is 7.92. The van der Waals surface area contributed by atoms with Crippen LogP contribution in [0.4, 0.5) is 0 Å². The average molecular weight is 396 g/mol. The fourth-order valence-corrected chi connectivity index (χ4v) is 3.51. The van der Waals surface area contributed by atoms with Crippen molar-refractivity contribution in [2.75, 3.05) is 20.3 Å². The summed E-state index contributed by atoms with van der Waals surface area (Å²) >= 11 is 0. The molecule has 2 aliphatic rings. The molecule has 0 aliphatic carbocycles. The van der Waals surface area contributed by atoms with Crippen molar-refractivity contribution in [1.82, 2.24) is 0 Å². The molecule has 0 aromatic heterocycles. The molecular formula is C16H28O11. The lowest BCUT2D eigenvalue weighted by atomic mass is 9.87. The van der Waals surface area contributed by atoms with Crippen molar-refractivity contribution in [2.24, 2.45) is 11.8 Å². The first-order valence-electron chi connectivity index (χ1n) is 8.78. The van der Waals surface area contributed by atoms with Crippen molar-refractivity contribution in [2.45, 2.75) is 62.5 Å². The summed E-state index contributed by atoms with van der Waals surface area (Å²) in [5, 5.41) is 59.1. The maximum atomic E-state index is 11.4. The number of carboxylic acid groups (broad SMARTS) is 1. The Hall–Kier alpha value is -0.890. The molecule has 0 aromatic carbocycles. The van der Waals surface area contributed by atoms with Gasteiger partial charge in [0.05, 0.1) is 31.3 Å². The zero-order valence-electron chi connectivity index (χ0n) is 15.1. The van der Waals surface area contributed by atoms with E-state index in [0.717, 1.165) is 0 Å². The summed E-state index contributed by atoms with van der Waals surface area (Å²) in [6, 6.07) is 0. The lowest BCUT2D eigenvalue weighted by molar-refractivity contribution is -0.315. The van der Waals surface area contributed by atoms with Gasteiger partial charge < -0.3 is 49.6 Å². The van der Waals surface area contributed by atoms with Crippen LogP contribution in [0.5, 0.6) is 0 Å². The van der Waals surface area contributed by atoms with Crippen LogP contribution in [-0.4, -0.2) is 106 Å². The van der Waals surface area contributed by atoms with Crippen LogP contribution < -0.4 is 0 Å². The van der Waals surface area contributed by atoms with Crippen molar-refractivity contribution >= 4 is 5.97 Å². The summed E-state index contributed by atoms with van der Waals surface area (Å²) in [4.78, 5) is 11.4. The van der Waals surface area contributed by atoms with Gasteiger partial charge in [-0.15, -0.1) is 0 Å². The van der Waals surface area contributed by atoms with Crippen molar-refractivity contribution in [3.8, 4) is 0 Å². The van der Waals surface area contributed by atoms with Gasteiger partial charge in [-0.1, -0.05) is 6.92 Å². The van der Waals surface area contributed by atoms with Crippen LogP contribution in [-0.2, 0) is 23.7 Å². The summed E-state index contributed by atoms with van der Waals surface area (Å²) in [5.41, 5.74) is 0. The number of carbonyl (C=O) groups is 1. The molecule has 10 atom stereocenters. The van der Waals surface area contributed by atoms with Gasteiger partial charge in [0.2, 0.25) is 0 Å². The molecule has 6 unspecified atom stereocenters. The molecule has 0 aromatic rings. The van der Waals surface area contributed by atoms with E-state index in [1.165, 1.54) is 7.11 Å². The van der Waals surface area contributed by atoms with Crippen LogP contribution in [0.25, 0.3) is 0 Å². The highest BCUT2D eigenvalue weighted by molar-refractivity contribution is 5.73. The zero-order valence-corrected chi connectivity index (χ0v) is 15.1. The molecule has 11 heteroatoms. The first-order valence-corrected chi connectivity index (χ1v) is 8.78. The Morgan fingerprint density at radius 1 is 0.963 bits per heavy atom. The van der Waals surface area contributed by atoms with Gasteiger partial charge in [0.25, 0.3) is 0 Å². The highest BCUT2D eigenvalue weighted by Crippen LogP contribution is 2.32. The number of methoxy groups -OCH3 is 1. The van der Waals surface area contributed by atoms with Gasteiger partial charge in [0, 0.05) is 13.0 Å². The molecule has 2 fully saturated rings. The number of aliphatic carboxylic acids is 1. The topological polar surface area (TPSA) is 175 Å². The molecule has 6 N–H and O–H groups in total. The standard InChI is InChI=1S/C16H28O11/c1-3-6-9(18)12(21)16(27-13(6)14(22)23)25-5-7-10(19)11(20)8(4-17)26-15(7)24-2/h6-13,15-21H,3-5H2,1-2H3,(H,22,23)/t6-,7?,8?,9?,10?,11+,12?,13?,15-,16+/m0/s1. The van der Waals surface area contributed by atoms with Crippen LogP contribution in [0, 0.1) is 11.8 Å². The van der Waals surface area contributed by atoms with E-state index in [1.54, 1.807) is 6.92 Å². The van der Waals surface area contributed by atoms with Crippen molar-refractivity contribution in [3.05, 3.63) is 0 Å². The molecule has 0 bridgehead atoms. The Labute approximate surface area is 156 Å². The minimum absolute atomic E-state index is 0.275. The lowest BCUT2D eigenvalue weighted by Crippen LogP contribution is -2.59. The number of hydrogen-bond donors (Lipinski definition) is 6. The van der Waals surface area contributed by atoms with Crippen LogP contribution in [0.1, 0.15) is 13.3 Å². The Balaban J connectivity index is 2.06.